The number of hydrogen-bond donors (Lipinski definition) is 1. The number of rotatable bonds is 4. The lowest BCUT2D eigenvalue weighted by molar-refractivity contribution is -0.138. The van der Waals surface area contributed by atoms with Crippen molar-refractivity contribution < 1.29 is 14.3 Å². The van der Waals surface area contributed by atoms with Gasteiger partial charge in [-0.2, -0.15) is 0 Å². The van der Waals surface area contributed by atoms with Gasteiger partial charge in [0.05, 0.1) is 4.70 Å². The Morgan fingerprint density at radius 1 is 1.30 bits per heavy atom. The maximum Gasteiger partial charge on any atom is 0.329 e. The maximum absolute atomic E-state index is 11.5. The Balaban J connectivity index is 2.12. The number of benzene rings is 1. The standard InChI is InChI=1S/C19H25N2O3S2Si/c1-18(2,3)10-8-11(24-27(6)7)13-12(9-10)25-15(20-13)16-21-14(17(22)23)19(4,5)26-16/h8-9,14H,1-7H3,(H,22,23). The number of hydrogen-bond acceptors (Lipinski definition) is 6. The molecule has 145 valence electrons. The van der Waals surface area contributed by atoms with E-state index >= 15 is 0 Å². The fourth-order valence-corrected chi connectivity index (χ4v) is 5.69. The molecular weight excluding hydrogens is 396 g/mol. The molecule has 0 saturated carbocycles. The van der Waals surface area contributed by atoms with E-state index in [1.54, 1.807) is 11.3 Å². The van der Waals surface area contributed by atoms with Gasteiger partial charge in [0.25, 0.3) is 9.04 Å². The van der Waals surface area contributed by atoms with E-state index in [9.17, 15) is 9.90 Å². The van der Waals surface area contributed by atoms with Crippen molar-refractivity contribution in [3.05, 3.63) is 22.7 Å². The van der Waals surface area contributed by atoms with Gasteiger partial charge < -0.3 is 9.53 Å². The van der Waals surface area contributed by atoms with Crippen molar-refractivity contribution in [2.75, 3.05) is 0 Å². The van der Waals surface area contributed by atoms with Gasteiger partial charge in [-0.05, 0) is 50.1 Å². The van der Waals surface area contributed by atoms with Crippen molar-refractivity contribution in [2.45, 2.75) is 63.9 Å². The minimum absolute atomic E-state index is 0.000854. The zero-order valence-electron chi connectivity index (χ0n) is 16.7. The largest absolute Gasteiger partial charge is 0.541 e. The van der Waals surface area contributed by atoms with Crippen LogP contribution in [0.4, 0.5) is 0 Å². The van der Waals surface area contributed by atoms with Crippen molar-refractivity contribution >= 4 is 53.4 Å². The molecule has 0 saturated heterocycles. The average Bonchev–Trinajstić information content (AvgIpc) is 3.06. The predicted octanol–water partition coefficient (Wildman–Crippen LogP) is 4.95. The fraction of sp³-hybridized carbons (Fsp3) is 0.526. The molecule has 1 aliphatic heterocycles. The molecular formula is C19H25N2O3S2Si. The van der Waals surface area contributed by atoms with E-state index in [0.717, 1.165) is 21.0 Å². The van der Waals surface area contributed by atoms with E-state index in [2.05, 4.69) is 51.0 Å². The number of nitrogens with zero attached hydrogens (tertiary/aromatic N) is 2. The van der Waals surface area contributed by atoms with E-state index in [-0.39, 0.29) is 5.41 Å². The molecule has 8 heteroatoms. The van der Waals surface area contributed by atoms with Crippen LogP contribution in [-0.4, -0.2) is 40.9 Å². The molecule has 0 bridgehead atoms. The summed E-state index contributed by atoms with van der Waals surface area (Å²) < 4.78 is 6.71. The number of aromatic nitrogens is 1. The predicted molar refractivity (Wildman–Crippen MR) is 116 cm³/mol. The number of aliphatic carboxylic acids is 1. The Morgan fingerprint density at radius 3 is 2.48 bits per heavy atom. The molecule has 1 atom stereocenters. The highest BCUT2D eigenvalue weighted by atomic mass is 32.2. The second-order valence-electron chi connectivity index (χ2n) is 8.48. The summed E-state index contributed by atoms with van der Waals surface area (Å²) in [4.78, 5) is 20.8. The van der Waals surface area contributed by atoms with E-state index in [1.165, 1.54) is 17.3 Å². The molecule has 0 amide bonds. The average molecular weight is 422 g/mol. The van der Waals surface area contributed by atoms with Crippen LogP contribution < -0.4 is 4.43 Å². The lowest BCUT2D eigenvalue weighted by Gasteiger charge is -2.20. The summed E-state index contributed by atoms with van der Waals surface area (Å²) in [5.74, 6) is -0.0803. The highest BCUT2D eigenvalue weighted by molar-refractivity contribution is 8.16. The zero-order valence-corrected chi connectivity index (χ0v) is 19.3. The van der Waals surface area contributed by atoms with Gasteiger partial charge in [0.15, 0.2) is 6.04 Å². The number of aliphatic imine (C=N–C) groups is 1. The first kappa shape index (κ1) is 20.4. The Morgan fingerprint density at radius 2 is 1.96 bits per heavy atom. The number of fused-ring (bicyclic) bond motifs is 1. The summed E-state index contributed by atoms with van der Waals surface area (Å²) in [6.45, 7) is 14.6. The molecule has 1 unspecified atom stereocenters. The highest BCUT2D eigenvalue weighted by Gasteiger charge is 2.43. The third-order valence-corrected chi connectivity index (χ3v) is 7.33. The van der Waals surface area contributed by atoms with Gasteiger partial charge in [-0.1, -0.05) is 32.5 Å². The number of carboxylic acids is 1. The third kappa shape index (κ3) is 4.07. The van der Waals surface area contributed by atoms with Crippen LogP contribution in [0, 0.1) is 0 Å². The van der Waals surface area contributed by atoms with Crippen LogP contribution in [-0.2, 0) is 10.2 Å². The normalized spacial score (nSPS) is 19.6. The quantitative estimate of drug-likeness (QED) is 0.707. The molecule has 5 nitrogen and oxygen atoms in total. The Kier molecular flexibility index (Phi) is 5.20. The van der Waals surface area contributed by atoms with Crippen molar-refractivity contribution in [3.63, 3.8) is 0 Å². The maximum atomic E-state index is 11.5. The first-order chi connectivity index (χ1) is 12.4. The molecule has 1 aromatic heterocycles. The lowest BCUT2D eigenvalue weighted by Crippen LogP contribution is -2.34. The van der Waals surface area contributed by atoms with Crippen LogP contribution in [0.2, 0.25) is 13.1 Å². The molecule has 3 rings (SSSR count). The van der Waals surface area contributed by atoms with Crippen LogP contribution in [0.3, 0.4) is 0 Å². The lowest BCUT2D eigenvalue weighted by atomic mass is 9.87. The van der Waals surface area contributed by atoms with Gasteiger partial charge in [0, 0.05) is 4.75 Å². The molecule has 1 N–H and O–H groups in total. The van der Waals surface area contributed by atoms with Gasteiger partial charge in [-0.3, -0.25) is 4.99 Å². The number of carbonyl (C=O) groups is 1. The highest BCUT2D eigenvalue weighted by Crippen LogP contribution is 2.43. The topological polar surface area (TPSA) is 71.8 Å². The van der Waals surface area contributed by atoms with Crippen LogP contribution in [0.15, 0.2) is 17.1 Å². The molecule has 2 heterocycles. The van der Waals surface area contributed by atoms with E-state index < -0.39 is 25.8 Å². The van der Waals surface area contributed by atoms with Gasteiger partial charge in [0.1, 0.15) is 21.3 Å². The smallest absolute Gasteiger partial charge is 0.329 e. The molecule has 0 aliphatic carbocycles. The first-order valence-electron chi connectivity index (χ1n) is 8.81. The van der Waals surface area contributed by atoms with E-state index in [1.807, 2.05) is 13.8 Å². The second kappa shape index (κ2) is 6.90. The van der Waals surface area contributed by atoms with Crippen LogP contribution in [0.1, 0.15) is 45.2 Å². The number of thiazole rings is 1. The molecule has 1 aromatic carbocycles. The molecule has 2 aromatic rings. The molecule has 0 fully saturated rings. The van der Waals surface area contributed by atoms with Gasteiger partial charge in [0.2, 0.25) is 0 Å². The molecule has 1 aliphatic rings. The Labute approximate surface area is 170 Å². The zero-order chi connectivity index (χ0) is 20.1. The minimum Gasteiger partial charge on any atom is -0.541 e. The Hall–Kier alpha value is -1.38. The van der Waals surface area contributed by atoms with Crippen molar-refractivity contribution in [1.29, 1.82) is 0 Å². The number of carboxylic acid groups (broad SMARTS) is 1. The summed E-state index contributed by atoms with van der Waals surface area (Å²) >= 11 is 3.04. The van der Waals surface area contributed by atoms with E-state index in [4.69, 9.17) is 9.41 Å². The first-order valence-corrected chi connectivity index (χ1v) is 12.9. The van der Waals surface area contributed by atoms with Crippen LogP contribution in [0.5, 0.6) is 5.75 Å². The van der Waals surface area contributed by atoms with Crippen molar-refractivity contribution in [3.8, 4) is 5.75 Å². The Bertz CT molecular complexity index is 929. The van der Waals surface area contributed by atoms with Crippen molar-refractivity contribution in [1.82, 2.24) is 4.98 Å². The van der Waals surface area contributed by atoms with E-state index in [0.29, 0.717) is 5.04 Å². The molecule has 1 radical (unpaired) electrons. The third-order valence-electron chi connectivity index (χ3n) is 4.32. The van der Waals surface area contributed by atoms with Gasteiger partial charge >= 0.3 is 5.97 Å². The number of thioether (sulfide) groups is 1. The monoisotopic (exact) mass is 421 g/mol. The summed E-state index contributed by atoms with van der Waals surface area (Å²) in [7, 11) is -0.935. The SMILES string of the molecule is C[Si](C)Oc1cc(C(C)(C)C)cc2sc(C3=NC(C(=O)O)C(C)(C)S3)nc12. The molecule has 0 spiro atoms. The molecule has 27 heavy (non-hydrogen) atoms. The summed E-state index contributed by atoms with van der Waals surface area (Å²) in [5, 5.41) is 10.9. The van der Waals surface area contributed by atoms with Gasteiger partial charge in [-0.25, -0.2) is 9.78 Å². The summed E-state index contributed by atoms with van der Waals surface area (Å²) in [6, 6.07) is 3.50. The minimum atomic E-state index is -0.935. The van der Waals surface area contributed by atoms with Crippen LogP contribution >= 0.6 is 23.1 Å². The van der Waals surface area contributed by atoms with Crippen molar-refractivity contribution in [2.24, 2.45) is 4.99 Å². The fourth-order valence-electron chi connectivity index (χ4n) is 2.88. The summed E-state index contributed by atoms with van der Waals surface area (Å²) in [6.07, 6.45) is 0. The summed E-state index contributed by atoms with van der Waals surface area (Å²) in [5.41, 5.74) is 2.04. The van der Waals surface area contributed by atoms with Gasteiger partial charge in [-0.15, -0.1) is 11.3 Å². The van der Waals surface area contributed by atoms with Crippen LogP contribution in [0.25, 0.3) is 10.2 Å². The second-order valence-corrected chi connectivity index (χ2v) is 13.2.